The summed E-state index contributed by atoms with van der Waals surface area (Å²) in [6.45, 7) is 12.8. The van der Waals surface area contributed by atoms with Gasteiger partial charge in [-0.1, -0.05) is 63.4 Å². The average Bonchev–Trinajstić information content (AvgIpc) is 2.63. The monoisotopic (exact) mass is 427 g/mol. The van der Waals surface area contributed by atoms with E-state index in [-0.39, 0.29) is 17.4 Å². The van der Waals surface area contributed by atoms with Gasteiger partial charge in [-0.3, -0.25) is 9.69 Å². The summed E-state index contributed by atoms with van der Waals surface area (Å²) in [6.07, 6.45) is 2.52. The van der Waals surface area contributed by atoms with E-state index in [0.717, 1.165) is 44.6 Å². The van der Waals surface area contributed by atoms with E-state index in [1.165, 1.54) is 0 Å². The van der Waals surface area contributed by atoms with E-state index >= 15 is 0 Å². The Hall–Kier alpha value is -0.810. The van der Waals surface area contributed by atoms with E-state index in [1.54, 1.807) is 0 Å². The van der Waals surface area contributed by atoms with Crippen molar-refractivity contribution in [3.63, 3.8) is 0 Å². The molecule has 2 N–H and O–H groups in total. The minimum Gasteiger partial charge on any atom is -0.337 e. The lowest BCUT2D eigenvalue weighted by atomic mass is 9.83. The molecule has 0 bridgehead atoms. The van der Waals surface area contributed by atoms with E-state index in [2.05, 4.69) is 37.5 Å². The number of carbonyl (C=O) groups is 1. The van der Waals surface area contributed by atoms with Gasteiger partial charge in [0.2, 0.25) is 5.91 Å². The molecule has 0 saturated carbocycles. The number of carbonyl (C=O) groups excluding carboxylic acids is 1. The fraction of sp³-hybridized carbons (Fsp3) is 0.682. The maximum Gasteiger partial charge on any atom is 0.223 e. The number of amides is 1. The van der Waals surface area contributed by atoms with Crippen LogP contribution in [-0.4, -0.2) is 47.9 Å². The van der Waals surface area contributed by atoms with E-state index < -0.39 is 0 Å². The van der Waals surface area contributed by atoms with Crippen molar-refractivity contribution >= 4 is 29.1 Å². The minimum absolute atomic E-state index is 0.0154. The molecule has 0 aliphatic carbocycles. The Labute approximate surface area is 180 Å². The molecule has 1 aliphatic rings. The maximum atomic E-state index is 13.1. The Morgan fingerprint density at radius 3 is 2.54 bits per heavy atom. The number of halogens is 2. The zero-order valence-corrected chi connectivity index (χ0v) is 19.2. The van der Waals surface area contributed by atoms with Gasteiger partial charge in [0.25, 0.3) is 0 Å². The zero-order valence-electron chi connectivity index (χ0n) is 17.7. The largest absolute Gasteiger partial charge is 0.337 e. The van der Waals surface area contributed by atoms with Crippen molar-refractivity contribution in [2.75, 3.05) is 26.2 Å². The predicted octanol–water partition coefficient (Wildman–Crippen LogP) is 4.82. The van der Waals surface area contributed by atoms with Gasteiger partial charge in [0.05, 0.1) is 10.0 Å². The molecule has 1 aromatic rings. The Kier molecular flexibility index (Phi) is 8.62. The first kappa shape index (κ1) is 23.5. The van der Waals surface area contributed by atoms with Gasteiger partial charge in [-0.05, 0) is 42.0 Å². The zero-order chi connectivity index (χ0) is 20.9. The molecule has 1 fully saturated rings. The lowest BCUT2D eigenvalue weighted by Gasteiger charge is -2.47. The van der Waals surface area contributed by atoms with E-state index in [9.17, 15) is 4.79 Å². The molecule has 0 spiro atoms. The SMILES string of the molecule is CCC(CCN)CC(=O)N1CCN(Cc2ccc(Cl)c(Cl)c2)CC1C(C)(C)C. The number of hydrogen-bond acceptors (Lipinski definition) is 3. The molecule has 2 atom stereocenters. The number of benzene rings is 1. The molecule has 1 amide bonds. The van der Waals surface area contributed by atoms with Crippen LogP contribution in [-0.2, 0) is 11.3 Å². The van der Waals surface area contributed by atoms with Crippen molar-refractivity contribution in [1.29, 1.82) is 0 Å². The maximum absolute atomic E-state index is 13.1. The number of nitrogens with two attached hydrogens (primary N) is 1. The van der Waals surface area contributed by atoms with Crippen LogP contribution in [0.15, 0.2) is 18.2 Å². The molecule has 1 saturated heterocycles. The quantitative estimate of drug-likeness (QED) is 0.678. The van der Waals surface area contributed by atoms with Crippen molar-refractivity contribution in [2.24, 2.45) is 17.1 Å². The van der Waals surface area contributed by atoms with Crippen molar-refractivity contribution in [2.45, 2.75) is 59.5 Å². The van der Waals surface area contributed by atoms with Gasteiger partial charge >= 0.3 is 0 Å². The summed E-state index contributed by atoms with van der Waals surface area (Å²) in [4.78, 5) is 17.6. The van der Waals surface area contributed by atoms with Gasteiger partial charge < -0.3 is 10.6 Å². The molecule has 1 aromatic carbocycles. The second-order valence-corrected chi connectivity index (χ2v) is 9.82. The highest BCUT2D eigenvalue weighted by Gasteiger charge is 2.38. The van der Waals surface area contributed by atoms with Crippen LogP contribution in [0, 0.1) is 11.3 Å². The van der Waals surface area contributed by atoms with E-state index in [1.807, 2.05) is 18.2 Å². The minimum atomic E-state index is 0.0154. The van der Waals surface area contributed by atoms with Gasteiger partial charge in [0, 0.05) is 38.6 Å². The average molecular weight is 428 g/mol. The van der Waals surface area contributed by atoms with Crippen molar-refractivity contribution < 1.29 is 4.79 Å². The normalized spacial score (nSPS) is 19.7. The van der Waals surface area contributed by atoms with Crippen molar-refractivity contribution in [1.82, 2.24) is 9.80 Å². The molecule has 28 heavy (non-hydrogen) atoms. The van der Waals surface area contributed by atoms with Crippen LogP contribution in [0.4, 0.5) is 0 Å². The predicted molar refractivity (Wildman–Crippen MR) is 119 cm³/mol. The second-order valence-electron chi connectivity index (χ2n) is 9.01. The fourth-order valence-corrected chi connectivity index (χ4v) is 4.29. The molecule has 4 nitrogen and oxygen atoms in total. The Morgan fingerprint density at radius 2 is 1.96 bits per heavy atom. The highest BCUT2D eigenvalue weighted by molar-refractivity contribution is 6.42. The van der Waals surface area contributed by atoms with Crippen molar-refractivity contribution in [3.05, 3.63) is 33.8 Å². The molecule has 158 valence electrons. The van der Waals surface area contributed by atoms with Crippen LogP contribution in [0.5, 0.6) is 0 Å². The Bertz CT molecular complexity index is 660. The van der Waals surface area contributed by atoms with Crippen LogP contribution < -0.4 is 5.73 Å². The first-order valence-electron chi connectivity index (χ1n) is 10.3. The van der Waals surface area contributed by atoms with Crippen LogP contribution in [0.3, 0.4) is 0 Å². The van der Waals surface area contributed by atoms with Gasteiger partial charge in [-0.2, -0.15) is 0 Å². The first-order chi connectivity index (χ1) is 13.2. The lowest BCUT2D eigenvalue weighted by Crippen LogP contribution is -2.59. The van der Waals surface area contributed by atoms with Gasteiger partial charge in [-0.15, -0.1) is 0 Å². The number of piperazine rings is 1. The summed E-state index contributed by atoms with van der Waals surface area (Å²) in [7, 11) is 0. The summed E-state index contributed by atoms with van der Waals surface area (Å²) in [6, 6.07) is 6.00. The van der Waals surface area contributed by atoms with Gasteiger partial charge in [0.15, 0.2) is 0 Å². The molecule has 1 aliphatic heterocycles. The molecular formula is C22H35Cl2N3O. The third-order valence-corrected chi connectivity index (χ3v) is 6.53. The highest BCUT2D eigenvalue weighted by atomic mass is 35.5. The van der Waals surface area contributed by atoms with Crippen LogP contribution in [0.2, 0.25) is 10.0 Å². The Morgan fingerprint density at radius 1 is 1.25 bits per heavy atom. The molecule has 1 heterocycles. The van der Waals surface area contributed by atoms with Crippen LogP contribution in [0.1, 0.15) is 52.5 Å². The summed E-state index contributed by atoms with van der Waals surface area (Å²) < 4.78 is 0. The highest BCUT2D eigenvalue weighted by Crippen LogP contribution is 2.30. The van der Waals surface area contributed by atoms with E-state index in [4.69, 9.17) is 28.9 Å². The molecule has 0 aromatic heterocycles. The number of rotatable bonds is 7. The standard InChI is InChI=1S/C22H35Cl2N3O/c1-5-16(8-9-25)13-21(28)27-11-10-26(15-20(27)22(2,3)4)14-17-6-7-18(23)19(24)12-17/h6-7,12,16,20H,5,8-11,13-15,25H2,1-4H3. The first-order valence-corrected chi connectivity index (χ1v) is 11.1. The third-order valence-electron chi connectivity index (χ3n) is 5.79. The van der Waals surface area contributed by atoms with Crippen molar-refractivity contribution in [3.8, 4) is 0 Å². The second kappa shape index (κ2) is 10.3. The number of hydrogen-bond donors (Lipinski definition) is 1. The molecule has 0 radical (unpaired) electrons. The van der Waals surface area contributed by atoms with Gasteiger partial charge in [-0.25, -0.2) is 0 Å². The summed E-state index contributed by atoms with van der Waals surface area (Å²) in [5.74, 6) is 0.654. The fourth-order valence-electron chi connectivity index (χ4n) is 3.97. The summed E-state index contributed by atoms with van der Waals surface area (Å²) in [5.41, 5.74) is 6.88. The molecule has 6 heteroatoms. The molecule has 2 unspecified atom stereocenters. The van der Waals surface area contributed by atoms with Crippen LogP contribution >= 0.6 is 23.2 Å². The third kappa shape index (κ3) is 6.35. The topological polar surface area (TPSA) is 49.6 Å². The Balaban J connectivity index is 2.08. The smallest absolute Gasteiger partial charge is 0.223 e. The summed E-state index contributed by atoms with van der Waals surface area (Å²) in [5, 5.41) is 1.17. The lowest BCUT2D eigenvalue weighted by molar-refractivity contribution is -0.140. The summed E-state index contributed by atoms with van der Waals surface area (Å²) >= 11 is 12.2. The molecular weight excluding hydrogens is 393 g/mol. The van der Waals surface area contributed by atoms with Crippen LogP contribution in [0.25, 0.3) is 0 Å². The number of nitrogens with zero attached hydrogens (tertiary/aromatic N) is 2. The van der Waals surface area contributed by atoms with E-state index in [0.29, 0.717) is 28.9 Å². The van der Waals surface area contributed by atoms with Gasteiger partial charge in [0.1, 0.15) is 0 Å². The molecule has 2 rings (SSSR count).